The number of piperidine rings is 1. The second kappa shape index (κ2) is 8.61. The highest BCUT2D eigenvalue weighted by Gasteiger charge is 2.45. The van der Waals surface area contributed by atoms with Crippen molar-refractivity contribution in [3.8, 4) is 17.0 Å². The topological polar surface area (TPSA) is 106 Å². The molecule has 2 aliphatic rings. The van der Waals surface area contributed by atoms with Crippen LogP contribution < -0.4 is 10.3 Å². The van der Waals surface area contributed by atoms with Crippen LogP contribution in [0.3, 0.4) is 0 Å². The van der Waals surface area contributed by atoms with Crippen molar-refractivity contribution in [1.82, 2.24) is 9.88 Å². The molecule has 2 bridgehead atoms. The van der Waals surface area contributed by atoms with Crippen molar-refractivity contribution in [3.63, 3.8) is 0 Å². The van der Waals surface area contributed by atoms with Crippen LogP contribution in [0.2, 0.25) is 0 Å². The Labute approximate surface area is 187 Å². The van der Waals surface area contributed by atoms with Crippen molar-refractivity contribution >= 4 is 15.9 Å². The molecule has 1 aromatic heterocycles. The summed E-state index contributed by atoms with van der Waals surface area (Å²) in [5.41, 5.74) is 0.936. The van der Waals surface area contributed by atoms with Crippen LogP contribution in [-0.4, -0.2) is 54.9 Å². The molecule has 2 atom stereocenters. The number of nitrogens with zero attached hydrogens (tertiary/aromatic N) is 1. The molecule has 1 N–H and O–H groups in total. The third-order valence-electron chi connectivity index (χ3n) is 5.95. The summed E-state index contributed by atoms with van der Waals surface area (Å²) in [5, 5.41) is 0. The molecule has 32 heavy (non-hydrogen) atoms. The number of fused-ring (bicyclic) bond motifs is 2. The first-order valence-corrected chi connectivity index (χ1v) is 12.7. The van der Waals surface area contributed by atoms with Crippen molar-refractivity contribution < 1.29 is 22.7 Å². The number of H-pyrrole nitrogens is 1. The van der Waals surface area contributed by atoms with E-state index in [1.54, 1.807) is 18.2 Å². The Kier molecular flexibility index (Phi) is 6.03. The van der Waals surface area contributed by atoms with E-state index in [4.69, 9.17) is 9.47 Å². The molecule has 2 aliphatic heterocycles. The van der Waals surface area contributed by atoms with E-state index in [0.29, 0.717) is 29.8 Å². The number of amides is 1. The van der Waals surface area contributed by atoms with E-state index in [1.807, 2.05) is 18.7 Å². The first-order chi connectivity index (χ1) is 15.1. The van der Waals surface area contributed by atoms with Gasteiger partial charge in [0.15, 0.2) is 9.84 Å². The number of aromatic nitrogens is 1. The average molecular weight is 461 g/mol. The molecule has 1 aromatic carbocycles. The zero-order valence-electron chi connectivity index (χ0n) is 18.4. The average Bonchev–Trinajstić information content (AvgIpc) is 2.97. The standard InChI is InChI=1S/C23H28N2O6S/c1-14(2)30-23(27)25-16-6-7-17(25)11-18(10-16)31-19-12-21(24-22(26)13-19)15-4-8-20(9-5-15)32(3,28)29/h4-5,8-9,12-14,16-18H,6-7,10-11H2,1-3H3,(H,24,26). The molecule has 172 valence electrons. The van der Waals surface area contributed by atoms with Gasteiger partial charge in [-0.05, 0) is 44.4 Å². The van der Waals surface area contributed by atoms with Gasteiger partial charge in [0.05, 0.1) is 16.7 Å². The highest BCUT2D eigenvalue weighted by atomic mass is 32.2. The summed E-state index contributed by atoms with van der Waals surface area (Å²) >= 11 is 0. The third kappa shape index (κ3) is 4.82. The molecule has 0 aliphatic carbocycles. The Morgan fingerprint density at radius 2 is 1.72 bits per heavy atom. The van der Waals surface area contributed by atoms with Crippen molar-refractivity contribution in [2.45, 2.75) is 68.7 Å². The van der Waals surface area contributed by atoms with Crippen LogP contribution in [0.4, 0.5) is 4.79 Å². The fourth-order valence-corrected chi connectivity index (χ4v) is 5.23. The molecule has 0 saturated carbocycles. The molecule has 0 spiro atoms. The minimum Gasteiger partial charge on any atom is -0.490 e. The zero-order chi connectivity index (χ0) is 23.0. The number of carbonyl (C=O) groups is 1. The number of pyridine rings is 1. The van der Waals surface area contributed by atoms with Crippen LogP contribution in [0.25, 0.3) is 11.3 Å². The first-order valence-electron chi connectivity index (χ1n) is 10.8. The summed E-state index contributed by atoms with van der Waals surface area (Å²) in [6.45, 7) is 3.68. The molecule has 2 fully saturated rings. The van der Waals surface area contributed by atoms with Gasteiger partial charge in [0.1, 0.15) is 11.9 Å². The smallest absolute Gasteiger partial charge is 0.410 e. The molecule has 8 nitrogen and oxygen atoms in total. The zero-order valence-corrected chi connectivity index (χ0v) is 19.2. The van der Waals surface area contributed by atoms with Gasteiger partial charge in [-0.1, -0.05) is 12.1 Å². The maximum atomic E-state index is 12.4. The van der Waals surface area contributed by atoms with Gasteiger partial charge >= 0.3 is 6.09 Å². The number of hydrogen-bond donors (Lipinski definition) is 1. The number of rotatable bonds is 5. The number of nitrogens with one attached hydrogen (secondary N) is 1. The quantitative estimate of drug-likeness (QED) is 0.733. The van der Waals surface area contributed by atoms with Gasteiger partial charge in [-0.3, -0.25) is 4.79 Å². The summed E-state index contributed by atoms with van der Waals surface area (Å²) in [4.78, 5) is 29.5. The largest absolute Gasteiger partial charge is 0.490 e. The summed E-state index contributed by atoms with van der Waals surface area (Å²) in [6, 6.07) is 9.66. The summed E-state index contributed by atoms with van der Waals surface area (Å²) in [6.07, 6.45) is 3.86. The van der Waals surface area contributed by atoms with Crippen LogP contribution in [0.1, 0.15) is 39.5 Å². The van der Waals surface area contributed by atoms with E-state index in [9.17, 15) is 18.0 Å². The van der Waals surface area contributed by atoms with Crippen LogP contribution in [0.5, 0.6) is 5.75 Å². The summed E-state index contributed by atoms with van der Waals surface area (Å²) < 4.78 is 34.9. The van der Waals surface area contributed by atoms with Crippen LogP contribution in [-0.2, 0) is 14.6 Å². The highest BCUT2D eigenvalue weighted by molar-refractivity contribution is 7.90. The molecule has 2 aromatic rings. The number of benzene rings is 1. The van der Waals surface area contributed by atoms with Crippen molar-refractivity contribution in [1.29, 1.82) is 0 Å². The SMILES string of the molecule is CC(C)OC(=O)N1C2CCC1CC(Oc1cc(-c3ccc(S(C)(=O)=O)cc3)[nH]c(=O)c1)C2. The van der Waals surface area contributed by atoms with Crippen molar-refractivity contribution in [3.05, 3.63) is 46.8 Å². The first kappa shape index (κ1) is 22.4. The van der Waals surface area contributed by atoms with E-state index in [1.165, 1.54) is 18.2 Å². The predicted molar refractivity (Wildman–Crippen MR) is 120 cm³/mol. The van der Waals surface area contributed by atoms with Crippen molar-refractivity contribution in [2.75, 3.05) is 6.26 Å². The van der Waals surface area contributed by atoms with E-state index in [0.717, 1.165) is 19.1 Å². The second-order valence-corrected chi connectivity index (χ2v) is 10.8. The second-order valence-electron chi connectivity index (χ2n) is 8.83. The monoisotopic (exact) mass is 460 g/mol. The van der Waals surface area contributed by atoms with Gasteiger partial charge < -0.3 is 19.4 Å². The van der Waals surface area contributed by atoms with Gasteiger partial charge in [-0.2, -0.15) is 0 Å². The molecule has 2 saturated heterocycles. The van der Waals surface area contributed by atoms with E-state index < -0.39 is 9.84 Å². The molecular weight excluding hydrogens is 432 g/mol. The summed E-state index contributed by atoms with van der Waals surface area (Å²) in [7, 11) is -3.29. The fourth-order valence-electron chi connectivity index (χ4n) is 4.60. The van der Waals surface area contributed by atoms with Gasteiger partial charge in [0.25, 0.3) is 5.56 Å². The predicted octanol–water partition coefficient (Wildman–Crippen LogP) is 3.36. The van der Waals surface area contributed by atoms with Crippen LogP contribution >= 0.6 is 0 Å². The van der Waals surface area contributed by atoms with Gasteiger partial charge in [-0.15, -0.1) is 0 Å². The normalized spacial score (nSPS) is 22.8. The molecule has 0 radical (unpaired) electrons. The molecule has 9 heteroatoms. The van der Waals surface area contributed by atoms with Crippen LogP contribution in [0, 0.1) is 0 Å². The fraction of sp³-hybridized carbons (Fsp3) is 0.478. The molecular formula is C23H28N2O6S. The number of aromatic amines is 1. The minimum absolute atomic E-state index is 0.0787. The summed E-state index contributed by atoms with van der Waals surface area (Å²) in [5.74, 6) is 0.457. The number of ether oxygens (including phenoxy) is 2. The number of sulfone groups is 1. The lowest BCUT2D eigenvalue weighted by Crippen LogP contribution is -2.49. The Bertz CT molecular complexity index is 1140. The third-order valence-corrected chi connectivity index (χ3v) is 7.08. The Hall–Kier alpha value is -2.81. The minimum atomic E-state index is -3.29. The lowest BCUT2D eigenvalue weighted by molar-refractivity contribution is 0.0219. The molecule has 3 heterocycles. The molecule has 2 unspecified atom stereocenters. The molecule has 1 amide bonds. The Morgan fingerprint density at radius 1 is 1.09 bits per heavy atom. The van der Waals surface area contributed by atoms with E-state index in [2.05, 4.69) is 4.98 Å². The maximum absolute atomic E-state index is 12.4. The Morgan fingerprint density at radius 3 is 2.28 bits per heavy atom. The lowest BCUT2D eigenvalue weighted by atomic mass is 10.00. The molecule has 4 rings (SSSR count). The van der Waals surface area contributed by atoms with Crippen LogP contribution in [0.15, 0.2) is 46.1 Å². The number of hydrogen-bond acceptors (Lipinski definition) is 6. The van der Waals surface area contributed by atoms with E-state index in [-0.39, 0.29) is 40.8 Å². The lowest BCUT2D eigenvalue weighted by Gasteiger charge is -2.38. The van der Waals surface area contributed by atoms with Gasteiger partial charge in [0, 0.05) is 43.3 Å². The Balaban J connectivity index is 1.49. The van der Waals surface area contributed by atoms with E-state index >= 15 is 0 Å². The number of carbonyl (C=O) groups excluding carboxylic acids is 1. The van der Waals surface area contributed by atoms with Gasteiger partial charge in [0.2, 0.25) is 0 Å². The van der Waals surface area contributed by atoms with Crippen molar-refractivity contribution in [2.24, 2.45) is 0 Å². The van der Waals surface area contributed by atoms with Gasteiger partial charge in [-0.25, -0.2) is 13.2 Å². The highest BCUT2D eigenvalue weighted by Crippen LogP contribution is 2.38. The maximum Gasteiger partial charge on any atom is 0.410 e.